The molecule has 0 N–H and O–H groups in total. The summed E-state index contributed by atoms with van der Waals surface area (Å²) >= 11 is 11.9. The molecule has 0 amide bonds. The van der Waals surface area contributed by atoms with Gasteiger partial charge in [-0.25, -0.2) is 4.98 Å². The molecular formula is C9H12Cl2N2O2. The van der Waals surface area contributed by atoms with Gasteiger partial charge in [-0.1, -0.05) is 11.6 Å². The molecule has 0 fully saturated rings. The van der Waals surface area contributed by atoms with Gasteiger partial charge in [0.05, 0.1) is 36.0 Å². The molecule has 1 aromatic rings. The van der Waals surface area contributed by atoms with Gasteiger partial charge in [-0.2, -0.15) is 4.98 Å². The Labute approximate surface area is 98.5 Å². The van der Waals surface area contributed by atoms with Crippen molar-refractivity contribution in [3.63, 3.8) is 0 Å². The zero-order chi connectivity index (χ0) is 11.3. The number of aromatic nitrogens is 2. The standard InChI is InChI=1S/C9H12Cl2N2O2/c1-14-5-6(10)3-8-7(11)4-12-9(13-8)15-2/h4,6H,3,5H2,1-2H3. The van der Waals surface area contributed by atoms with Crippen LogP contribution in [0.2, 0.25) is 5.02 Å². The Morgan fingerprint density at radius 1 is 1.47 bits per heavy atom. The molecule has 1 aromatic heterocycles. The number of hydrogen-bond donors (Lipinski definition) is 0. The number of rotatable bonds is 5. The van der Waals surface area contributed by atoms with E-state index in [9.17, 15) is 0 Å². The highest BCUT2D eigenvalue weighted by Crippen LogP contribution is 2.18. The van der Waals surface area contributed by atoms with Crippen LogP contribution < -0.4 is 4.74 Å². The monoisotopic (exact) mass is 250 g/mol. The maximum absolute atomic E-state index is 6.00. The third-order valence-corrected chi connectivity index (χ3v) is 2.34. The van der Waals surface area contributed by atoms with Crippen molar-refractivity contribution in [3.8, 4) is 6.01 Å². The minimum absolute atomic E-state index is 0.160. The predicted molar refractivity (Wildman–Crippen MR) is 58.8 cm³/mol. The van der Waals surface area contributed by atoms with E-state index in [0.29, 0.717) is 23.7 Å². The third-order valence-electron chi connectivity index (χ3n) is 1.74. The van der Waals surface area contributed by atoms with Crippen LogP contribution in [0.25, 0.3) is 0 Å². The van der Waals surface area contributed by atoms with Crippen molar-refractivity contribution >= 4 is 23.2 Å². The minimum atomic E-state index is -0.160. The van der Waals surface area contributed by atoms with Crippen molar-refractivity contribution in [2.75, 3.05) is 20.8 Å². The molecular weight excluding hydrogens is 239 g/mol. The van der Waals surface area contributed by atoms with Gasteiger partial charge in [-0.05, 0) is 0 Å². The second-order valence-corrected chi connectivity index (χ2v) is 3.93. The van der Waals surface area contributed by atoms with Crippen LogP contribution in [0.4, 0.5) is 0 Å². The van der Waals surface area contributed by atoms with Crippen LogP contribution in [0.3, 0.4) is 0 Å². The lowest BCUT2D eigenvalue weighted by Crippen LogP contribution is -2.12. The molecule has 84 valence electrons. The first-order valence-electron chi connectivity index (χ1n) is 4.35. The summed E-state index contributed by atoms with van der Waals surface area (Å²) in [4.78, 5) is 7.98. The zero-order valence-corrected chi connectivity index (χ0v) is 10.0. The molecule has 0 aliphatic heterocycles. The molecule has 0 bridgehead atoms. The molecule has 0 saturated carbocycles. The molecule has 1 atom stereocenters. The van der Waals surface area contributed by atoms with Crippen LogP contribution in [0, 0.1) is 0 Å². The summed E-state index contributed by atoms with van der Waals surface area (Å²) < 4.78 is 9.82. The van der Waals surface area contributed by atoms with E-state index < -0.39 is 0 Å². The average Bonchev–Trinajstić information content (AvgIpc) is 2.21. The van der Waals surface area contributed by atoms with Crippen LogP contribution in [0.15, 0.2) is 6.20 Å². The predicted octanol–water partition coefficient (Wildman–Crippen LogP) is 1.93. The van der Waals surface area contributed by atoms with Gasteiger partial charge in [0.25, 0.3) is 0 Å². The van der Waals surface area contributed by atoms with Gasteiger partial charge in [-0.3, -0.25) is 0 Å². The summed E-state index contributed by atoms with van der Waals surface area (Å²) in [6.07, 6.45) is 2.02. The largest absolute Gasteiger partial charge is 0.467 e. The SMILES string of the molecule is COCC(Cl)Cc1nc(OC)ncc1Cl. The number of halogens is 2. The van der Waals surface area contributed by atoms with Crippen LogP contribution in [0.5, 0.6) is 6.01 Å². The van der Waals surface area contributed by atoms with Crippen molar-refractivity contribution in [3.05, 3.63) is 16.9 Å². The Hall–Kier alpha value is -0.580. The van der Waals surface area contributed by atoms with E-state index in [2.05, 4.69) is 9.97 Å². The first-order valence-corrected chi connectivity index (χ1v) is 5.17. The maximum atomic E-state index is 6.00. The van der Waals surface area contributed by atoms with E-state index in [-0.39, 0.29) is 11.4 Å². The molecule has 1 unspecified atom stereocenters. The highest BCUT2D eigenvalue weighted by atomic mass is 35.5. The van der Waals surface area contributed by atoms with Crippen LogP contribution in [-0.4, -0.2) is 36.2 Å². The third kappa shape index (κ3) is 3.81. The smallest absolute Gasteiger partial charge is 0.316 e. The lowest BCUT2D eigenvalue weighted by molar-refractivity contribution is 0.197. The van der Waals surface area contributed by atoms with Crippen molar-refractivity contribution in [1.82, 2.24) is 9.97 Å². The van der Waals surface area contributed by atoms with Gasteiger partial charge in [0.1, 0.15) is 0 Å². The van der Waals surface area contributed by atoms with E-state index in [0.717, 1.165) is 0 Å². The van der Waals surface area contributed by atoms with Crippen LogP contribution >= 0.6 is 23.2 Å². The van der Waals surface area contributed by atoms with Crippen molar-refractivity contribution < 1.29 is 9.47 Å². The normalized spacial score (nSPS) is 12.5. The van der Waals surface area contributed by atoms with Crippen molar-refractivity contribution in [2.24, 2.45) is 0 Å². The van der Waals surface area contributed by atoms with Gasteiger partial charge in [0.15, 0.2) is 0 Å². The molecule has 0 aliphatic rings. The van der Waals surface area contributed by atoms with Crippen molar-refractivity contribution in [2.45, 2.75) is 11.8 Å². The Kier molecular flexibility index (Phi) is 5.08. The molecule has 15 heavy (non-hydrogen) atoms. The topological polar surface area (TPSA) is 44.2 Å². The molecule has 0 aromatic carbocycles. The van der Waals surface area contributed by atoms with E-state index in [4.69, 9.17) is 32.7 Å². The molecule has 0 spiro atoms. The Balaban J connectivity index is 2.74. The van der Waals surface area contributed by atoms with E-state index in [1.165, 1.54) is 13.3 Å². The Morgan fingerprint density at radius 3 is 2.80 bits per heavy atom. The Bertz CT molecular complexity index is 323. The number of ether oxygens (including phenoxy) is 2. The van der Waals surface area contributed by atoms with Gasteiger partial charge in [-0.15, -0.1) is 11.6 Å². The lowest BCUT2D eigenvalue weighted by Gasteiger charge is -2.09. The number of hydrogen-bond acceptors (Lipinski definition) is 4. The van der Waals surface area contributed by atoms with Gasteiger partial charge < -0.3 is 9.47 Å². The molecule has 6 heteroatoms. The second-order valence-electron chi connectivity index (χ2n) is 2.91. The molecule has 0 saturated heterocycles. The highest BCUT2D eigenvalue weighted by Gasteiger charge is 2.11. The number of alkyl halides is 1. The summed E-state index contributed by atoms with van der Waals surface area (Å²) in [5, 5.41) is 0.324. The quantitative estimate of drug-likeness (QED) is 0.750. The van der Waals surface area contributed by atoms with Gasteiger partial charge in [0.2, 0.25) is 0 Å². The molecule has 1 heterocycles. The number of methoxy groups -OCH3 is 2. The van der Waals surface area contributed by atoms with Gasteiger partial charge in [0, 0.05) is 13.5 Å². The zero-order valence-electron chi connectivity index (χ0n) is 8.54. The summed E-state index contributed by atoms with van der Waals surface area (Å²) in [6.45, 7) is 0.449. The summed E-state index contributed by atoms with van der Waals surface area (Å²) in [5.74, 6) is 0. The second kappa shape index (κ2) is 6.10. The lowest BCUT2D eigenvalue weighted by atomic mass is 10.2. The van der Waals surface area contributed by atoms with Crippen LogP contribution in [0.1, 0.15) is 5.69 Å². The van der Waals surface area contributed by atoms with Gasteiger partial charge >= 0.3 is 6.01 Å². The summed E-state index contributed by atoms with van der Waals surface area (Å²) in [5.41, 5.74) is 0.667. The average molecular weight is 251 g/mol. The Morgan fingerprint density at radius 2 is 2.20 bits per heavy atom. The van der Waals surface area contributed by atoms with E-state index in [1.54, 1.807) is 7.11 Å². The molecule has 0 radical (unpaired) electrons. The maximum Gasteiger partial charge on any atom is 0.316 e. The van der Waals surface area contributed by atoms with E-state index in [1.807, 2.05) is 0 Å². The summed E-state index contributed by atoms with van der Waals surface area (Å²) in [6, 6.07) is 0.288. The van der Waals surface area contributed by atoms with Crippen molar-refractivity contribution in [1.29, 1.82) is 0 Å². The first-order chi connectivity index (χ1) is 7.17. The highest BCUT2D eigenvalue weighted by molar-refractivity contribution is 6.31. The fraction of sp³-hybridized carbons (Fsp3) is 0.556. The minimum Gasteiger partial charge on any atom is -0.467 e. The number of nitrogens with zero attached hydrogens (tertiary/aromatic N) is 2. The molecule has 1 rings (SSSR count). The van der Waals surface area contributed by atoms with E-state index >= 15 is 0 Å². The first kappa shape index (κ1) is 12.5. The van der Waals surface area contributed by atoms with Crippen LogP contribution in [-0.2, 0) is 11.2 Å². The fourth-order valence-corrected chi connectivity index (χ4v) is 1.52. The molecule has 0 aliphatic carbocycles. The summed E-state index contributed by atoms with van der Waals surface area (Å²) in [7, 11) is 3.10. The molecule has 4 nitrogen and oxygen atoms in total. The fourth-order valence-electron chi connectivity index (χ4n) is 1.08.